The van der Waals surface area contributed by atoms with Crippen molar-refractivity contribution < 1.29 is 29.3 Å². The van der Waals surface area contributed by atoms with Gasteiger partial charge in [-0.1, -0.05) is 26.7 Å². The molecule has 2 amide bonds. The van der Waals surface area contributed by atoms with Crippen molar-refractivity contribution in [1.82, 2.24) is 10.6 Å². The number of carbonyl (C=O) groups is 3. The summed E-state index contributed by atoms with van der Waals surface area (Å²) in [4.78, 5) is 38.8. The minimum absolute atomic E-state index is 0.0218. The van der Waals surface area contributed by atoms with Crippen LogP contribution in [0.3, 0.4) is 0 Å². The number of carboxylic acids is 1. The first-order chi connectivity index (χ1) is 12.7. The zero-order valence-corrected chi connectivity index (χ0v) is 16.1. The van der Waals surface area contributed by atoms with E-state index >= 15 is 0 Å². The molecule has 0 radical (unpaired) electrons. The fourth-order valence-electron chi connectivity index (χ4n) is 3.82. The molecule has 1 fully saturated rings. The molecule has 0 aliphatic heterocycles. The molecule has 1 unspecified atom stereocenters. The van der Waals surface area contributed by atoms with Crippen LogP contribution in [0.25, 0.3) is 0 Å². The van der Waals surface area contributed by atoms with Crippen LogP contribution in [0.4, 0.5) is 4.79 Å². The number of aliphatic carboxylic acids is 1. The predicted molar refractivity (Wildman–Crippen MR) is 97.9 cm³/mol. The molecule has 27 heavy (non-hydrogen) atoms. The molecule has 1 aliphatic carbocycles. The van der Waals surface area contributed by atoms with Crippen LogP contribution in [0.5, 0.6) is 0 Å². The molecular weight excluding hydrogens is 356 g/mol. The standard InChI is InChI=1S/C17H30N4O6/c1-5-9(6-2)13(19-8(3)22)12-11(7-10(14(12)23)15(24)25)20-16(18)21-17(26)27-4/h9-14,23H,5-7H2,1-4H3,(H,19,22)(H,24,25)(H3,18,20,21,26)/t10-,11+,12+,13?,14+/m0/s1. The number of alkyl carbamates (subject to hydrolysis) is 1. The summed E-state index contributed by atoms with van der Waals surface area (Å²) in [6, 6.07) is -1.16. The summed E-state index contributed by atoms with van der Waals surface area (Å²) in [5.74, 6) is -3.33. The Hall–Kier alpha value is -2.36. The van der Waals surface area contributed by atoms with Gasteiger partial charge in [0.25, 0.3) is 0 Å². The number of carboxylic acid groups (broad SMARTS) is 1. The van der Waals surface area contributed by atoms with Crippen LogP contribution in [0.1, 0.15) is 40.0 Å². The van der Waals surface area contributed by atoms with Crippen LogP contribution >= 0.6 is 0 Å². The Morgan fingerprint density at radius 1 is 1.30 bits per heavy atom. The van der Waals surface area contributed by atoms with Crippen LogP contribution < -0.4 is 16.4 Å². The molecule has 0 heterocycles. The number of hydrogen-bond donors (Lipinski definition) is 5. The summed E-state index contributed by atoms with van der Waals surface area (Å²) >= 11 is 0. The Morgan fingerprint density at radius 3 is 2.33 bits per heavy atom. The third kappa shape index (κ3) is 5.81. The summed E-state index contributed by atoms with van der Waals surface area (Å²) in [5, 5.41) is 25.2. The quantitative estimate of drug-likeness (QED) is 0.305. The van der Waals surface area contributed by atoms with Gasteiger partial charge >= 0.3 is 12.1 Å². The van der Waals surface area contributed by atoms with Crippen LogP contribution in [-0.2, 0) is 14.3 Å². The Morgan fingerprint density at radius 2 is 1.89 bits per heavy atom. The van der Waals surface area contributed by atoms with Gasteiger partial charge in [-0.25, -0.2) is 9.79 Å². The largest absolute Gasteiger partial charge is 0.481 e. The van der Waals surface area contributed by atoms with Crippen molar-refractivity contribution in [1.29, 1.82) is 0 Å². The van der Waals surface area contributed by atoms with E-state index in [0.717, 1.165) is 12.8 Å². The fraction of sp³-hybridized carbons (Fsp3) is 0.765. The van der Waals surface area contributed by atoms with E-state index in [1.807, 2.05) is 13.8 Å². The summed E-state index contributed by atoms with van der Waals surface area (Å²) in [6.07, 6.45) is -0.510. The molecule has 5 atom stereocenters. The summed E-state index contributed by atoms with van der Waals surface area (Å²) in [6.45, 7) is 5.30. The number of carbonyl (C=O) groups excluding carboxylic acids is 2. The molecule has 0 aromatic rings. The van der Waals surface area contributed by atoms with E-state index < -0.39 is 42.1 Å². The van der Waals surface area contributed by atoms with Gasteiger partial charge in [-0.05, 0) is 12.3 Å². The maximum Gasteiger partial charge on any atom is 0.413 e. The van der Waals surface area contributed by atoms with Crippen molar-refractivity contribution in [3.8, 4) is 0 Å². The number of aliphatic hydroxyl groups excluding tert-OH is 1. The monoisotopic (exact) mass is 386 g/mol. The molecule has 0 aromatic carbocycles. The van der Waals surface area contributed by atoms with Gasteiger partial charge < -0.3 is 26.0 Å². The molecule has 154 valence electrons. The van der Waals surface area contributed by atoms with Gasteiger partial charge in [-0.2, -0.15) is 0 Å². The van der Waals surface area contributed by atoms with E-state index in [1.165, 1.54) is 14.0 Å². The Kier molecular flexibility index (Phi) is 8.48. The summed E-state index contributed by atoms with van der Waals surface area (Å²) in [5.41, 5.74) is 5.72. The number of aliphatic imine (C=N–C) groups is 1. The van der Waals surface area contributed by atoms with Crippen LogP contribution in [0.2, 0.25) is 0 Å². The van der Waals surface area contributed by atoms with Crippen molar-refractivity contribution >= 4 is 23.9 Å². The number of rotatable bonds is 7. The zero-order valence-electron chi connectivity index (χ0n) is 16.1. The highest BCUT2D eigenvalue weighted by atomic mass is 16.5. The lowest BCUT2D eigenvalue weighted by atomic mass is 9.80. The van der Waals surface area contributed by atoms with Crippen LogP contribution in [0, 0.1) is 17.8 Å². The second kappa shape index (κ2) is 10.1. The number of nitrogens with two attached hydrogens (primary N) is 1. The molecule has 0 spiro atoms. The lowest BCUT2D eigenvalue weighted by molar-refractivity contribution is -0.145. The van der Waals surface area contributed by atoms with E-state index in [0.29, 0.717) is 0 Å². The van der Waals surface area contributed by atoms with E-state index in [9.17, 15) is 24.6 Å². The lowest BCUT2D eigenvalue weighted by Gasteiger charge is -2.35. The predicted octanol–water partition coefficient (Wildman–Crippen LogP) is 0.0482. The second-order valence-electron chi connectivity index (χ2n) is 6.75. The summed E-state index contributed by atoms with van der Waals surface area (Å²) in [7, 11) is 1.17. The highest BCUT2D eigenvalue weighted by molar-refractivity contribution is 5.92. The Bertz CT molecular complexity index is 578. The molecular formula is C17H30N4O6. The third-order valence-corrected chi connectivity index (χ3v) is 5.13. The fourth-order valence-corrected chi connectivity index (χ4v) is 3.82. The van der Waals surface area contributed by atoms with Gasteiger partial charge in [0.15, 0.2) is 5.96 Å². The lowest BCUT2D eigenvalue weighted by Crippen LogP contribution is -2.51. The SMILES string of the molecule is CCC(CC)C(NC(C)=O)[C@@H]1[C@H](O)[C@@H](C(=O)O)C[C@H]1N=C(N)NC(=O)OC. The molecule has 6 N–H and O–H groups in total. The number of amides is 2. The molecule has 10 heteroatoms. The van der Waals surface area contributed by atoms with Crippen molar-refractivity contribution in [3.05, 3.63) is 0 Å². The number of nitrogens with one attached hydrogen (secondary N) is 2. The van der Waals surface area contributed by atoms with Gasteiger partial charge in [0, 0.05) is 18.9 Å². The normalized spacial score (nSPS) is 26.5. The smallest absolute Gasteiger partial charge is 0.413 e. The molecule has 0 aromatic heterocycles. The second-order valence-corrected chi connectivity index (χ2v) is 6.75. The van der Waals surface area contributed by atoms with Crippen molar-refractivity contribution in [2.75, 3.05) is 7.11 Å². The van der Waals surface area contributed by atoms with Gasteiger partial charge in [0.05, 0.1) is 25.2 Å². The van der Waals surface area contributed by atoms with Gasteiger partial charge in [0.2, 0.25) is 5.91 Å². The molecule has 1 saturated carbocycles. The Labute approximate surface area is 158 Å². The van der Waals surface area contributed by atoms with E-state index in [2.05, 4.69) is 20.4 Å². The minimum atomic E-state index is -1.21. The van der Waals surface area contributed by atoms with E-state index in [4.69, 9.17) is 5.73 Å². The number of aliphatic hydroxyl groups is 1. The van der Waals surface area contributed by atoms with Gasteiger partial charge in [0.1, 0.15) is 0 Å². The molecule has 0 bridgehead atoms. The molecule has 1 aliphatic rings. The van der Waals surface area contributed by atoms with Crippen LogP contribution in [0.15, 0.2) is 4.99 Å². The van der Waals surface area contributed by atoms with Crippen molar-refractivity contribution in [3.63, 3.8) is 0 Å². The number of nitrogens with zero attached hydrogens (tertiary/aromatic N) is 1. The maximum absolute atomic E-state index is 11.7. The zero-order chi connectivity index (χ0) is 20.7. The molecule has 1 rings (SSSR count). The van der Waals surface area contributed by atoms with Gasteiger partial charge in [-0.15, -0.1) is 0 Å². The van der Waals surface area contributed by atoms with Crippen molar-refractivity contribution in [2.45, 2.75) is 58.2 Å². The van der Waals surface area contributed by atoms with Crippen LogP contribution in [-0.4, -0.2) is 59.4 Å². The first-order valence-corrected chi connectivity index (χ1v) is 9.02. The molecule has 0 saturated heterocycles. The highest BCUT2D eigenvalue weighted by Crippen LogP contribution is 2.39. The summed E-state index contributed by atoms with van der Waals surface area (Å²) < 4.78 is 4.45. The topological polar surface area (TPSA) is 163 Å². The van der Waals surface area contributed by atoms with E-state index in [-0.39, 0.29) is 24.2 Å². The first kappa shape index (κ1) is 22.7. The third-order valence-electron chi connectivity index (χ3n) is 5.13. The average Bonchev–Trinajstić information content (AvgIpc) is 2.90. The van der Waals surface area contributed by atoms with Gasteiger partial charge in [-0.3, -0.25) is 14.9 Å². The number of ether oxygens (including phenoxy) is 1. The minimum Gasteiger partial charge on any atom is -0.481 e. The maximum atomic E-state index is 11.7. The Balaban J connectivity index is 3.26. The number of guanidine groups is 1. The molecule has 10 nitrogen and oxygen atoms in total. The van der Waals surface area contributed by atoms with Crippen molar-refractivity contribution in [2.24, 2.45) is 28.5 Å². The highest BCUT2D eigenvalue weighted by Gasteiger charge is 2.50. The first-order valence-electron chi connectivity index (χ1n) is 9.02. The number of hydrogen-bond acceptors (Lipinski definition) is 6. The number of methoxy groups -OCH3 is 1. The van der Waals surface area contributed by atoms with E-state index in [1.54, 1.807) is 0 Å². The average molecular weight is 386 g/mol.